The maximum Gasteiger partial charge on any atom is 0.490 e. The fourth-order valence-electron chi connectivity index (χ4n) is 3.57. The van der Waals surface area contributed by atoms with Crippen LogP contribution in [-0.2, 0) is 34.0 Å². The van der Waals surface area contributed by atoms with Crippen molar-refractivity contribution in [3.63, 3.8) is 0 Å². The number of alkyl halides is 6. The van der Waals surface area contributed by atoms with E-state index in [0.29, 0.717) is 31.3 Å². The van der Waals surface area contributed by atoms with Gasteiger partial charge in [-0.3, -0.25) is 19.1 Å². The summed E-state index contributed by atoms with van der Waals surface area (Å²) in [6, 6.07) is 3.87. The van der Waals surface area contributed by atoms with E-state index < -0.39 is 41.0 Å². The van der Waals surface area contributed by atoms with E-state index in [1.807, 2.05) is 12.1 Å². The van der Waals surface area contributed by atoms with Crippen LogP contribution in [-0.4, -0.2) is 85.0 Å². The number of fused-ring (bicyclic) bond motifs is 1. The van der Waals surface area contributed by atoms with Crippen LogP contribution in [0.15, 0.2) is 27.9 Å². The fraction of sp³-hybridized carbons (Fsp3) is 0.500. The van der Waals surface area contributed by atoms with Crippen LogP contribution in [0.25, 0.3) is 0 Å². The van der Waals surface area contributed by atoms with E-state index in [9.17, 15) is 35.9 Å². The zero-order valence-electron chi connectivity index (χ0n) is 19.9. The average molecular weight is 573 g/mol. The van der Waals surface area contributed by atoms with E-state index in [1.54, 1.807) is 13.3 Å². The number of nitrogens with zero attached hydrogens (tertiary/aromatic N) is 4. The van der Waals surface area contributed by atoms with Gasteiger partial charge in [-0.25, -0.2) is 19.7 Å². The second-order valence-electron chi connectivity index (χ2n) is 8.07. The van der Waals surface area contributed by atoms with E-state index in [1.165, 1.54) is 4.57 Å². The van der Waals surface area contributed by atoms with Gasteiger partial charge in [0, 0.05) is 31.4 Å². The third-order valence-electron chi connectivity index (χ3n) is 5.31. The standard InChI is InChI=1S/C16H19N5O4.2C2HF3O2/c1-24-14-11(3-2-5-17-14)7-20-6-4-16(9-20)10-21-12(8-25-16)18-19-13(22)15(21)23;2*3-2(4,5)1(6)7/h2-3,5H,4,6-10H2,1H3,(H,19,22);2*(H,6,7). The van der Waals surface area contributed by atoms with Crippen LogP contribution in [0.2, 0.25) is 0 Å². The zero-order valence-corrected chi connectivity index (χ0v) is 19.9. The number of hydrogen-bond donors (Lipinski definition) is 3. The molecular formula is C20H21F6N5O8. The van der Waals surface area contributed by atoms with Crippen LogP contribution in [0.5, 0.6) is 5.88 Å². The molecule has 0 aliphatic carbocycles. The van der Waals surface area contributed by atoms with Crippen molar-refractivity contribution in [3.05, 3.63) is 50.4 Å². The van der Waals surface area contributed by atoms with Gasteiger partial charge in [-0.1, -0.05) is 6.07 Å². The molecule has 1 spiro atoms. The Bertz CT molecular complexity index is 1270. The van der Waals surface area contributed by atoms with Crippen molar-refractivity contribution in [3.8, 4) is 5.88 Å². The molecule has 39 heavy (non-hydrogen) atoms. The summed E-state index contributed by atoms with van der Waals surface area (Å²) in [6.45, 7) is 2.76. The number of aromatic amines is 1. The minimum absolute atomic E-state index is 0.218. The first-order valence-corrected chi connectivity index (χ1v) is 10.6. The lowest BCUT2D eigenvalue weighted by Crippen LogP contribution is -2.51. The van der Waals surface area contributed by atoms with E-state index >= 15 is 0 Å². The molecule has 3 N–H and O–H groups in total. The van der Waals surface area contributed by atoms with Gasteiger partial charge in [-0.2, -0.15) is 31.4 Å². The Kier molecular flexibility index (Phi) is 9.80. The number of H-pyrrole nitrogens is 1. The maximum atomic E-state index is 12.1. The quantitative estimate of drug-likeness (QED) is 0.349. The molecule has 4 rings (SSSR count). The monoisotopic (exact) mass is 573 g/mol. The van der Waals surface area contributed by atoms with E-state index in [4.69, 9.17) is 29.3 Å². The third kappa shape index (κ3) is 8.50. The van der Waals surface area contributed by atoms with Gasteiger partial charge in [-0.15, -0.1) is 0 Å². The Morgan fingerprint density at radius 2 is 1.72 bits per heavy atom. The van der Waals surface area contributed by atoms with Gasteiger partial charge in [0.2, 0.25) is 5.88 Å². The highest BCUT2D eigenvalue weighted by Gasteiger charge is 2.43. The van der Waals surface area contributed by atoms with Crippen LogP contribution >= 0.6 is 0 Å². The summed E-state index contributed by atoms with van der Waals surface area (Å²) in [4.78, 5) is 47.9. The molecule has 0 radical (unpaired) electrons. The molecule has 0 saturated carbocycles. The van der Waals surface area contributed by atoms with Crippen LogP contribution in [0.1, 0.15) is 17.8 Å². The molecule has 216 valence electrons. The Morgan fingerprint density at radius 3 is 2.26 bits per heavy atom. The number of carbonyl (C=O) groups is 2. The number of hydrogen-bond acceptors (Lipinski definition) is 9. The molecule has 1 saturated heterocycles. The number of carboxylic acid groups (broad SMARTS) is 2. The first-order chi connectivity index (χ1) is 18.0. The van der Waals surface area contributed by atoms with Crippen LogP contribution in [0.4, 0.5) is 26.3 Å². The highest BCUT2D eigenvalue weighted by atomic mass is 19.4. The van der Waals surface area contributed by atoms with Crippen molar-refractivity contribution in [2.75, 3.05) is 20.2 Å². The number of aromatic nitrogens is 4. The lowest BCUT2D eigenvalue weighted by molar-refractivity contribution is -0.193. The fourth-order valence-corrected chi connectivity index (χ4v) is 3.57. The normalized spacial score (nSPS) is 18.7. The molecule has 2 aromatic heterocycles. The van der Waals surface area contributed by atoms with Crippen molar-refractivity contribution in [1.82, 2.24) is 24.6 Å². The molecule has 4 heterocycles. The molecule has 1 atom stereocenters. The molecule has 2 aromatic rings. The van der Waals surface area contributed by atoms with E-state index in [-0.39, 0.29) is 6.61 Å². The summed E-state index contributed by atoms with van der Waals surface area (Å²) >= 11 is 0. The first-order valence-electron chi connectivity index (χ1n) is 10.6. The molecule has 13 nitrogen and oxygen atoms in total. The Morgan fingerprint density at radius 1 is 1.13 bits per heavy atom. The first kappa shape index (κ1) is 31.2. The smallest absolute Gasteiger partial charge is 0.481 e. The molecule has 19 heteroatoms. The minimum Gasteiger partial charge on any atom is -0.481 e. The number of likely N-dealkylation sites (tertiary alicyclic amines) is 1. The second-order valence-corrected chi connectivity index (χ2v) is 8.07. The van der Waals surface area contributed by atoms with Crippen LogP contribution in [0.3, 0.4) is 0 Å². The summed E-state index contributed by atoms with van der Waals surface area (Å²) in [6.07, 6.45) is -7.68. The summed E-state index contributed by atoms with van der Waals surface area (Å²) < 4.78 is 76.3. The van der Waals surface area contributed by atoms with Crippen molar-refractivity contribution in [2.45, 2.75) is 44.1 Å². The van der Waals surface area contributed by atoms with Crippen molar-refractivity contribution in [1.29, 1.82) is 0 Å². The molecule has 1 fully saturated rings. The third-order valence-corrected chi connectivity index (χ3v) is 5.31. The number of pyridine rings is 1. The van der Waals surface area contributed by atoms with Crippen molar-refractivity contribution in [2.24, 2.45) is 0 Å². The lowest BCUT2D eigenvalue weighted by Gasteiger charge is -2.34. The second kappa shape index (κ2) is 12.2. The topological polar surface area (TPSA) is 177 Å². The summed E-state index contributed by atoms with van der Waals surface area (Å²) in [7, 11) is 1.61. The number of aliphatic carboxylic acids is 2. The lowest BCUT2D eigenvalue weighted by atomic mass is 10.0. The Labute approximate surface area is 213 Å². The zero-order chi connectivity index (χ0) is 29.6. The number of halogens is 6. The highest BCUT2D eigenvalue weighted by molar-refractivity contribution is 5.73. The van der Waals surface area contributed by atoms with Crippen molar-refractivity contribution < 1.29 is 55.6 Å². The number of nitrogens with one attached hydrogen (secondary N) is 1. The number of rotatable bonds is 3. The highest BCUT2D eigenvalue weighted by Crippen LogP contribution is 2.32. The number of ether oxygens (including phenoxy) is 2. The molecule has 0 amide bonds. The maximum absolute atomic E-state index is 12.1. The number of carboxylic acids is 2. The predicted octanol–water partition coefficient (Wildman–Crippen LogP) is 0.777. The summed E-state index contributed by atoms with van der Waals surface area (Å²) in [5.41, 5.74) is -0.730. The Balaban J connectivity index is 0.000000317. The van der Waals surface area contributed by atoms with E-state index in [2.05, 4.69) is 20.1 Å². The van der Waals surface area contributed by atoms with Crippen molar-refractivity contribution >= 4 is 11.9 Å². The van der Waals surface area contributed by atoms with Gasteiger partial charge >= 0.3 is 35.4 Å². The largest absolute Gasteiger partial charge is 0.490 e. The predicted molar refractivity (Wildman–Crippen MR) is 115 cm³/mol. The van der Waals surface area contributed by atoms with Gasteiger partial charge in [0.15, 0.2) is 5.82 Å². The number of methoxy groups -OCH3 is 1. The minimum atomic E-state index is -5.08. The SMILES string of the molecule is COc1ncccc1CN1CCC2(C1)Cn1c(n[nH]c(=O)c1=O)CO2.O=C(O)C(F)(F)F.O=C(O)C(F)(F)F. The van der Waals surface area contributed by atoms with Gasteiger partial charge in [-0.05, 0) is 12.5 Å². The molecule has 1 unspecified atom stereocenters. The van der Waals surface area contributed by atoms with Crippen LogP contribution < -0.4 is 15.9 Å². The van der Waals surface area contributed by atoms with Gasteiger partial charge in [0.05, 0.1) is 13.7 Å². The van der Waals surface area contributed by atoms with Crippen LogP contribution in [0, 0.1) is 0 Å². The Hall–Kier alpha value is -4.00. The van der Waals surface area contributed by atoms with Gasteiger partial charge < -0.3 is 19.7 Å². The molecular weight excluding hydrogens is 552 g/mol. The van der Waals surface area contributed by atoms with Gasteiger partial charge in [0.25, 0.3) is 0 Å². The van der Waals surface area contributed by atoms with Gasteiger partial charge in [0.1, 0.15) is 12.2 Å². The van der Waals surface area contributed by atoms with E-state index in [0.717, 1.165) is 18.5 Å². The summed E-state index contributed by atoms with van der Waals surface area (Å²) in [5.74, 6) is -4.44. The average Bonchev–Trinajstić information content (AvgIpc) is 3.23. The molecule has 2 aliphatic heterocycles. The summed E-state index contributed by atoms with van der Waals surface area (Å²) in [5, 5.41) is 20.4. The molecule has 0 bridgehead atoms. The molecule has 2 aliphatic rings. The molecule has 0 aromatic carbocycles.